The Morgan fingerprint density at radius 3 is 2.57 bits per heavy atom. The molecule has 0 spiro atoms. The minimum Gasteiger partial charge on any atom is -0.380 e. The van der Waals surface area contributed by atoms with Crippen LogP contribution in [0.1, 0.15) is 32.6 Å². The molecule has 0 saturated heterocycles. The highest BCUT2D eigenvalue weighted by atomic mass is 127. The van der Waals surface area contributed by atoms with Gasteiger partial charge in [-0.25, -0.2) is 4.99 Å². The Morgan fingerprint density at radius 1 is 1.33 bits per heavy atom. The molecule has 7 heteroatoms. The van der Waals surface area contributed by atoms with E-state index in [4.69, 9.17) is 4.74 Å². The molecule has 0 bridgehead atoms. The highest BCUT2D eigenvalue weighted by Gasteiger charge is 2.16. The maximum Gasteiger partial charge on any atom is 0.243 e. The lowest BCUT2D eigenvalue weighted by molar-refractivity contribution is -0.127. The van der Waals surface area contributed by atoms with Gasteiger partial charge in [-0.15, -0.1) is 24.0 Å². The minimum absolute atomic E-state index is 0. The molecule has 1 rings (SSSR count). The third-order valence-electron chi connectivity index (χ3n) is 3.31. The highest BCUT2D eigenvalue weighted by molar-refractivity contribution is 14.0. The Morgan fingerprint density at radius 2 is 2.00 bits per heavy atom. The largest absolute Gasteiger partial charge is 0.380 e. The maximum absolute atomic E-state index is 11.6. The van der Waals surface area contributed by atoms with Crippen molar-refractivity contribution in [3.05, 3.63) is 0 Å². The number of carbonyl (C=O) groups excluding carboxylic acids is 1. The Hall–Kier alpha value is -0.570. The Labute approximate surface area is 145 Å². The number of hydrogen-bond donors (Lipinski definition) is 2. The molecule has 0 unspecified atom stereocenters. The van der Waals surface area contributed by atoms with Crippen LogP contribution in [0.4, 0.5) is 0 Å². The van der Waals surface area contributed by atoms with E-state index < -0.39 is 0 Å². The van der Waals surface area contributed by atoms with Crippen LogP contribution in [0.25, 0.3) is 0 Å². The van der Waals surface area contributed by atoms with Crippen molar-refractivity contribution in [3.63, 3.8) is 0 Å². The van der Waals surface area contributed by atoms with E-state index >= 15 is 0 Å². The minimum atomic E-state index is 0. The van der Waals surface area contributed by atoms with Gasteiger partial charge in [-0.2, -0.15) is 0 Å². The molecule has 1 aliphatic rings. The quantitative estimate of drug-likeness (QED) is 0.286. The van der Waals surface area contributed by atoms with E-state index in [9.17, 15) is 4.79 Å². The smallest absolute Gasteiger partial charge is 0.243 e. The van der Waals surface area contributed by atoms with Gasteiger partial charge in [0.1, 0.15) is 6.54 Å². The van der Waals surface area contributed by atoms with Gasteiger partial charge in [0.25, 0.3) is 0 Å². The second-order valence-electron chi connectivity index (χ2n) is 5.20. The van der Waals surface area contributed by atoms with Crippen LogP contribution >= 0.6 is 24.0 Å². The summed E-state index contributed by atoms with van der Waals surface area (Å²) in [6.45, 7) is 4.20. The number of rotatable bonds is 7. The second kappa shape index (κ2) is 12.0. The van der Waals surface area contributed by atoms with Crippen molar-refractivity contribution in [1.82, 2.24) is 15.5 Å². The van der Waals surface area contributed by atoms with E-state index in [1.165, 1.54) is 25.7 Å². The summed E-state index contributed by atoms with van der Waals surface area (Å²) in [6, 6.07) is 0.475. The van der Waals surface area contributed by atoms with Crippen molar-refractivity contribution in [1.29, 1.82) is 0 Å². The molecule has 1 fully saturated rings. The number of ether oxygens (including phenoxy) is 1. The van der Waals surface area contributed by atoms with Gasteiger partial charge >= 0.3 is 0 Å². The van der Waals surface area contributed by atoms with Crippen molar-refractivity contribution in [2.24, 2.45) is 4.99 Å². The summed E-state index contributed by atoms with van der Waals surface area (Å²) in [5.74, 6) is 0.717. The fraction of sp³-hybridized carbons (Fsp3) is 0.857. The average molecular weight is 412 g/mol. The van der Waals surface area contributed by atoms with Crippen LogP contribution in [0.5, 0.6) is 0 Å². The number of aliphatic imine (C=N–C) groups is 1. The molecule has 124 valence electrons. The average Bonchev–Trinajstić information content (AvgIpc) is 2.92. The molecule has 0 aromatic carbocycles. The highest BCUT2D eigenvalue weighted by Crippen LogP contribution is 2.17. The number of guanidine groups is 1. The summed E-state index contributed by atoms with van der Waals surface area (Å²) in [5, 5.41) is 6.62. The second-order valence-corrected chi connectivity index (χ2v) is 5.20. The van der Waals surface area contributed by atoms with Crippen LogP contribution in [-0.2, 0) is 9.53 Å². The Kier molecular flexibility index (Phi) is 11.7. The van der Waals surface area contributed by atoms with Crippen LogP contribution in [0.15, 0.2) is 4.99 Å². The summed E-state index contributed by atoms with van der Waals surface area (Å²) in [4.78, 5) is 17.5. The van der Waals surface area contributed by atoms with Crippen molar-refractivity contribution >= 4 is 35.8 Å². The first-order valence-corrected chi connectivity index (χ1v) is 7.46. The van der Waals surface area contributed by atoms with Crippen LogP contribution in [0, 0.1) is 0 Å². The summed E-state index contributed by atoms with van der Waals surface area (Å²) < 4.78 is 5.30. The first-order valence-electron chi connectivity index (χ1n) is 7.46. The van der Waals surface area contributed by atoms with Gasteiger partial charge in [0, 0.05) is 33.3 Å². The first kappa shape index (κ1) is 20.4. The fourth-order valence-electron chi connectivity index (χ4n) is 2.09. The standard InChI is InChI=1S/C14H28N4O2.HI/c1-4-20-10-9-15-14(16-11-13(19)18(2)3)17-12-7-5-6-8-12;/h12H,4-11H2,1-3H3,(H2,15,16,17);1H. The molecule has 0 radical (unpaired) electrons. The Bertz CT molecular complexity index is 318. The van der Waals surface area contributed by atoms with Crippen LogP contribution in [0.3, 0.4) is 0 Å². The van der Waals surface area contributed by atoms with E-state index in [0.29, 0.717) is 31.8 Å². The molecule has 0 atom stereocenters. The maximum atomic E-state index is 11.6. The predicted octanol–water partition coefficient (Wildman–Crippen LogP) is 1.21. The Balaban J connectivity index is 0.00000400. The third kappa shape index (κ3) is 9.13. The van der Waals surface area contributed by atoms with E-state index in [1.807, 2.05) is 6.92 Å². The molecule has 2 N–H and O–H groups in total. The molecule has 1 aliphatic carbocycles. The summed E-state index contributed by atoms with van der Waals surface area (Å²) >= 11 is 0. The molecular formula is C14H29IN4O2. The van der Waals surface area contributed by atoms with Gasteiger partial charge < -0.3 is 20.3 Å². The molecule has 1 saturated carbocycles. The van der Waals surface area contributed by atoms with E-state index in [1.54, 1.807) is 19.0 Å². The molecule has 0 heterocycles. The number of hydrogen-bond acceptors (Lipinski definition) is 3. The summed E-state index contributed by atoms with van der Waals surface area (Å²) in [5.41, 5.74) is 0. The van der Waals surface area contributed by atoms with Crippen LogP contribution in [-0.4, -0.2) is 63.2 Å². The van der Waals surface area contributed by atoms with E-state index in [-0.39, 0.29) is 36.4 Å². The van der Waals surface area contributed by atoms with E-state index in [2.05, 4.69) is 15.6 Å². The van der Waals surface area contributed by atoms with Crippen LogP contribution < -0.4 is 10.6 Å². The van der Waals surface area contributed by atoms with Crippen molar-refractivity contribution in [2.75, 3.05) is 40.4 Å². The number of halogens is 1. The zero-order valence-corrected chi connectivity index (χ0v) is 15.7. The monoisotopic (exact) mass is 412 g/mol. The number of carbonyl (C=O) groups is 1. The van der Waals surface area contributed by atoms with Gasteiger partial charge in [-0.3, -0.25) is 4.79 Å². The number of amides is 1. The molecule has 0 aromatic heterocycles. The number of likely N-dealkylation sites (N-methyl/N-ethyl adjacent to an activating group) is 1. The SMILES string of the molecule is CCOCCNC(=NCC(=O)N(C)C)NC1CCCC1.I. The lowest BCUT2D eigenvalue weighted by Gasteiger charge is -2.17. The third-order valence-corrected chi connectivity index (χ3v) is 3.31. The van der Waals surface area contributed by atoms with Gasteiger partial charge in [0.15, 0.2) is 5.96 Å². The lowest BCUT2D eigenvalue weighted by Crippen LogP contribution is -2.44. The van der Waals surface area contributed by atoms with Gasteiger partial charge in [0.2, 0.25) is 5.91 Å². The molecule has 1 amide bonds. The topological polar surface area (TPSA) is 66.0 Å². The zero-order valence-electron chi connectivity index (χ0n) is 13.4. The van der Waals surface area contributed by atoms with Crippen molar-refractivity contribution in [2.45, 2.75) is 38.6 Å². The fourth-order valence-corrected chi connectivity index (χ4v) is 2.09. The molecule has 0 aromatic rings. The number of nitrogens with zero attached hydrogens (tertiary/aromatic N) is 2. The molecule has 6 nitrogen and oxygen atoms in total. The normalized spacial score (nSPS) is 15.5. The molecule has 21 heavy (non-hydrogen) atoms. The first-order chi connectivity index (χ1) is 9.63. The predicted molar refractivity (Wildman–Crippen MR) is 96.3 cm³/mol. The zero-order chi connectivity index (χ0) is 14.8. The van der Waals surface area contributed by atoms with Crippen molar-refractivity contribution < 1.29 is 9.53 Å². The van der Waals surface area contributed by atoms with Gasteiger partial charge in [-0.05, 0) is 19.8 Å². The molecule has 0 aliphatic heterocycles. The lowest BCUT2D eigenvalue weighted by atomic mass is 10.2. The molecular weight excluding hydrogens is 383 g/mol. The van der Waals surface area contributed by atoms with E-state index in [0.717, 1.165) is 0 Å². The van der Waals surface area contributed by atoms with Crippen LogP contribution in [0.2, 0.25) is 0 Å². The van der Waals surface area contributed by atoms with Crippen molar-refractivity contribution in [3.8, 4) is 0 Å². The van der Waals surface area contributed by atoms with Gasteiger partial charge in [-0.1, -0.05) is 12.8 Å². The summed E-state index contributed by atoms with van der Waals surface area (Å²) in [7, 11) is 3.48. The van der Waals surface area contributed by atoms with Gasteiger partial charge in [0.05, 0.1) is 6.61 Å². The number of nitrogens with one attached hydrogen (secondary N) is 2. The summed E-state index contributed by atoms with van der Waals surface area (Å²) in [6.07, 6.45) is 4.88.